The molecule has 0 aliphatic carbocycles. The molecule has 0 radical (unpaired) electrons. The van der Waals surface area contributed by atoms with E-state index in [4.69, 9.17) is 5.73 Å². The minimum Gasteiger partial charge on any atom is -0.382 e. The number of rotatable bonds is 3. The Hall–Kier alpha value is -1.29. The summed E-state index contributed by atoms with van der Waals surface area (Å²) in [6.07, 6.45) is 3.01. The van der Waals surface area contributed by atoms with Crippen LogP contribution in [-0.4, -0.2) is 43.6 Å². The van der Waals surface area contributed by atoms with E-state index in [0.29, 0.717) is 5.82 Å². The van der Waals surface area contributed by atoms with Gasteiger partial charge in [0.25, 0.3) is 0 Å². The number of nitrogens with zero attached hydrogens (tertiary/aromatic N) is 3. The number of hydrogen-bond donors (Lipinski definition) is 1. The predicted molar refractivity (Wildman–Crippen MR) is 67.5 cm³/mol. The third-order valence-electron chi connectivity index (χ3n) is 3.25. The molecule has 1 unspecified atom stereocenters. The first-order valence-electron chi connectivity index (χ1n) is 5.77. The minimum absolute atomic E-state index is 0.622. The average Bonchev–Trinajstić information content (AvgIpc) is 2.64. The molecule has 2 heterocycles. The van der Waals surface area contributed by atoms with Crippen molar-refractivity contribution in [3.8, 4) is 0 Å². The van der Waals surface area contributed by atoms with E-state index >= 15 is 0 Å². The maximum absolute atomic E-state index is 5.86. The van der Waals surface area contributed by atoms with Gasteiger partial charge in [0, 0.05) is 26.3 Å². The molecule has 1 aromatic rings. The molecule has 0 amide bonds. The second-order valence-electron chi connectivity index (χ2n) is 4.71. The number of pyridine rings is 1. The molecule has 0 spiro atoms. The van der Waals surface area contributed by atoms with Gasteiger partial charge in [-0.05, 0) is 38.1 Å². The van der Waals surface area contributed by atoms with Crippen molar-refractivity contribution < 1.29 is 0 Å². The highest BCUT2D eigenvalue weighted by Crippen LogP contribution is 2.22. The third-order valence-corrected chi connectivity index (χ3v) is 3.25. The zero-order chi connectivity index (χ0) is 11.5. The van der Waals surface area contributed by atoms with E-state index < -0.39 is 0 Å². The Balaban J connectivity index is 1.98. The second-order valence-corrected chi connectivity index (χ2v) is 4.71. The minimum atomic E-state index is 0.622. The first kappa shape index (κ1) is 11.2. The maximum atomic E-state index is 5.86. The van der Waals surface area contributed by atoms with Gasteiger partial charge in [0.1, 0.15) is 5.82 Å². The van der Waals surface area contributed by atoms with Crippen LogP contribution in [0.15, 0.2) is 18.3 Å². The number of anilines is 2. The lowest BCUT2D eigenvalue weighted by molar-refractivity contribution is 0.396. The van der Waals surface area contributed by atoms with Crippen LogP contribution in [0.2, 0.25) is 0 Å². The van der Waals surface area contributed by atoms with Crippen molar-refractivity contribution in [3.63, 3.8) is 0 Å². The van der Waals surface area contributed by atoms with Gasteiger partial charge in [-0.1, -0.05) is 0 Å². The Morgan fingerprint density at radius 3 is 3.06 bits per heavy atom. The molecule has 1 fully saturated rings. The van der Waals surface area contributed by atoms with Gasteiger partial charge < -0.3 is 15.5 Å². The van der Waals surface area contributed by atoms with Crippen molar-refractivity contribution in [1.29, 1.82) is 0 Å². The van der Waals surface area contributed by atoms with Crippen LogP contribution in [-0.2, 0) is 0 Å². The van der Waals surface area contributed by atoms with E-state index in [9.17, 15) is 0 Å². The molecule has 4 nitrogen and oxygen atoms in total. The normalized spacial score (nSPS) is 21.2. The van der Waals surface area contributed by atoms with Crippen LogP contribution < -0.4 is 10.6 Å². The number of likely N-dealkylation sites (tertiary alicyclic amines) is 1. The molecule has 16 heavy (non-hydrogen) atoms. The number of aromatic nitrogens is 1. The molecule has 4 heteroatoms. The topological polar surface area (TPSA) is 45.4 Å². The molecule has 2 rings (SSSR count). The summed E-state index contributed by atoms with van der Waals surface area (Å²) in [5.41, 5.74) is 6.90. The summed E-state index contributed by atoms with van der Waals surface area (Å²) < 4.78 is 0. The van der Waals surface area contributed by atoms with Crippen LogP contribution in [0, 0.1) is 5.92 Å². The lowest BCUT2D eigenvalue weighted by Gasteiger charge is -2.23. The number of nitrogens with two attached hydrogens (primary N) is 1. The first-order chi connectivity index (χ1) is 7.66. The zero-order valence-electron chi connectivity index (χ0n) is 10.1. The Morgan fingerprint density at radius 1 is 1.62 bits per heavy atom. The Labute approximate surface area is 97.1 Å². The molecule has 1 aliphatic rings. The summed E-state index contributed by atoms with van der Waals surface area (Å²) in [6, 6.07) is 3.96. The van der Waals surface area contributed by atoms with Gasteiger partial charge in [0.05, 0.1) is 5.69 Å². The molecule has 0 saturated carbocycles. The molecule has 1 atom stereocenters. The molecule has 1 aromatic heterocycles. The van der Waals surface area contributed by atoms with Crippen molar-refractivity contribution in [2.24, 2.45) is 5.92 Å². The maximum Gasteiger partial charge on any atom is 0.146 e. The highest BCUT2D eigenvalue weighted by atomic mass is 15.2. The molecule has 1 aliphatic heterocycles. The van der Waals surface area contributed by atoms with Gasteiger partial charge in [-0.3, -0.25) is 0 Å². The van der Waals surface area contributed by atoms with Crippen LogP contribution >= 0.6 is 0 Å². The highest BCUT2D eigenvalue weighted by molar-refractivity contribution is 5.62. The highest BCUT2D eigenvalue weighted by Gasteiger charge is 2.21. The van der Waals surface area contributed by atoms with Gasteiger partial charge in [-0.15, -0.1) is 0 Å². The fraction of sp³-hybridized carbons (Fsp3) is 0.583. The lowest BCUT2D eigenvalue weighted by Crippen LogP contribution is -2.27. The van der Waals surface area contributed by atoms with E-state index in [1.54, 1.807) is 6.20 Å². The van der Waals surface area contributed by atoms with E-state index in [0.717, 1.165) is 18.2 Å². The molecule has 2 N–H and O–H groups in total. The van der Waals surface area contributed by atoms with Crippen LogP contribution in [0.1, 0.15) is 6.42 Å². The monoisotopic (exact) mass is 220 g/mol. The number of hydrogen-bond acceptors (Lipinski definition) is 4. The molecular weight excluding hydrogens is 200 g/mol. The smallest absolute Gasteiger partial charge is 0.146 e. The van der Waals surface area contributed by atoms with E-state index in [-0.39, 0.29) is 0 Å². The summed E-state index contributed by atoms with van der Waals surface area (Å²) >= 11 is 0. The molecular formula is C12H20N4. The molecule has 0 aromatic carbocycles. The van der Waals surface area contributed by atoms with Crippen molar-refractivity contribution in [3.05, 3.63) is 18.3 Å². The second kappa shape index (κ2) is 4.70. The van der Waals surface area contributed by atoms with Gasteiger partial charge in [-0.2, -0.15) is 0 Å². The van der Waals surface area contributed by atoms with Gasteiger partial charge >= 0.3 is 0 Å². The van der Waals surface area contributed by atoms with Gasteiger partial charge in [0.2, 0.25) is 0 Å². The quantitative estimate of drug-likeness (QED) is 0.827. The van der Waals surface area contributed by atoms with E-state index in [1.807, 2.05) is 12.1 Å². The number of nitrogen functional groups attached to an aromatic ring is 1. The molecule has 1 saturated heterocycles. The van der Waals surface area contributed by atoms with Crippen molar-refractivity contribution in [2.75, 3.05) is 44.4 Å². The average molecular weight is 220 g/mol. The van der Waals surface area contributed by atoms with Crippen molar-refractivity contribution >= 4 is 11.5 Å². The zero-order valence-corrected chi connectivity index (χ0v) is 10.1. The largest absolute Gasteiger partial charge is 0.382 e. The fourth-order valence-electron chi connectivity index (χ4n) is 2.39. The lowest BCUT2D eigenvalue weighted by atomic mass is 10.1. The van der Waals surface area contributed by atoms with E-state index in [1.165, 1.54) is 19.5 Å². The van der Waals surface area contributed by atoms with E-state index in [2.05, 4.69) is 28.9 Å². The Bertz CT molecular complexity index is 353. The predicted octanol–water partition coefficient (Wildman–Crippen LogP) is 1.05. The standard InChI is InChI=1S/C12H20N4/c1-15-7-5-10(8-15)9-16(2)11-4-3-6-14-12(11)13/h3-4,6,10H,5,7-9H2,1-2H3,(H2,13,14). The summed E-state index contributed by atoms with van der Waals surface area (Å²) in [4.78, 5) is 8.71. The van der Waals surface area contributed by atoms with Gasteiger partial charge in [0.15, 0.2) is 0 Å². The van der Waals surface area contributed by atoms with Crippen LogP contribution in [0.3, 0.4) is 0 Å². The molecule has 88 valence electrons. The Morgan fingerprint density at radius 2 is 2.44 bits per heavy atom. The summed E-state index contributed by atoms with van der Waals surface area (Å²) in [5.74, 6) is 1.37. The third kappa shape index (κ3) is 2.44. The molecule has 0 bridgehead atoms. The SMILES string of the molecule is CN1CCC(CN(C)c2cccnc2N)C1. The first-order valence-corrected chi connectivity index (χ1v) is 5.77. The van der Waals surface area contributed by atoms with Crippen molar-refractivity contribution in [2.45, 2.75) is 6.42 Å². The summed E-state index contributed by atoms with van der Waals surface area (Å²) in [7, 11) is 4.27. The Kier molecular flexibility index (Phi) is 3.29. The summed E-state index contributed by atoms with van der Waals surface area (Å²) in [6.45, 7) is 3.45. The van der Waals surface area contributed by atoms with Crippen LogP contribution in [0.5, 0.6) is 0 Å². The van der Waals surface area contributed by atoms with Crippen LogP contribution in [0.4, 0.5) is 11.5 Å². The van der Waals surface area contributed by atoms with Gasteiger partial charge in [-0.25, -0.2) is 4.98 Å². The summed E-state index contributed by atoms with van der Waals surface area (Å²) in [5, 5.41) is 0. The fourth-order valence-corrected chi connectivity index (χ4v) is 2.39. The van der Waals surface area contributed by atoms with Crippen molar-refractivity contribution in [1.82, 2.24) is 9.88 Å². The van der Waals surface area contributed by atoms with Crippen LogP contribution in [0.25, 0.3) is 0 Å².